The summed E-state index contributed by atoms with van der Waals surface area (Å²) in [6.07, 6.45) is 0. The first-order valence-electron chi connectivity index (χ1n) is 11.2. The average molecular weight is 470 g/mol. The van der Waals surface area contributed by atoms with E-state index < -0.39 is 23.7 Å². The molecule has 0 saturated carbocycles. The van der Waals surface area contributed by atoms with Crippen molar-refractivity contribution < 1.29 is 35.7 Å². The van der Waals surface area contributed by atoms with E-state index in [2.05, 4.69) is 0 Å². The Bertz CT molecular complexity index is 1490. The van der Waals surface area contributed by atoms with E-state index in [1.165, 1.54) is 24.3 Å². The molecule has 0 spiro atoms. The number of hydrogen-bond acceptors (Lipinski definition) is 7. The molecule has 4 atom stereocenters. The topological polar surface area (TPSA) is 142 Å². The smallest absolute Gasteiger partial charge is 0.123 e. The largest absolute Gasteiger partial charge is 0.508 e. The maximum atomic E-state index is 11.0. The van der Waals surface area contributed by atoms with Crippen molar-refractivity contribution in [3.8, 4) is 40.2 Å². The van der Waals surface area contributed by atoms with Crippen LogP contribution in [-0.4, -0.2) is 35.7 Å². The normalized spacial score (nSPS) is 21.9. The van der Waals surface area contributed by atoms with Gasteiger partial charge in [-0.15, -0.1) is 0 Å². The third kappa shape index (κ3) is 2.98. The van der Waals surface area contributed by atoms with E-state index >= 15 is 0 Å². The molecule has 7 heteroatoms. The molecular formula is C28H22O7. The van der Waals surface area contributed by atoms with Gasteiger partial charge < -0.3 is 35.7 Å². The minimum atomic E-state index is -0.563. The van der Waals surface area contributed by atoms with Crippen molar-refractivity contribution in [2.45, 2.75) is 23.7 Å². The SMILES string of the molecule is Oc1ccc([C@@H]2c3c(O)cc(O)cc3[C@H]3c4c(O)cc(O)cc4[C@@H]2[C@H]3c2ccc(O)cc2O)cc1. The maximum Gasteiger partial charge on any atom is 0.123 e. The lowest BCUT2D eigenvalue weighted by Crippen LogP contribution is -2.26. The van der Waals surface area contributed by atoms with Gasteiger partial charge in [-0.1, -0.05) is 18.2 Å². The van der Waals surface area contributed by atoms with E-state index in [0.717, 1.165) is 5.56 Å². The van der Waals surface area contributed by atoms with Crippen LogP contribution >= 0.6 is 0 Å². The molecular weight excluding hydrogens is 448 g/mol. The molecule has 0 saturated heterocycles. The van der Waals surface area contributed by atoms with Crippen LogP contribution in [0.4, 0.5) is 0 Å². The van der Waals surface area contributed by atoms with Gasteiger partial charge in [0, 0.05) is 53.0 Å². The molecule has 0 aromatic heterocycles. The Morgan fingerprint density at radius 3 is 1.54 bits per heavy atom. The molecule has 0 fully saturated rings. The van der Waals surface area contributed by atoms with Crippen molar-refractivity contribution in [2.24, 2.45) is 0 Å². The monoisotopic (exact) mass is 470 g/mol. The van der Waals surface area contributed by atoms with Crippen molar-refractivity contribution in [1.29, 1.82) is 0 Å². The lowest BCUT2D eigenvalue weighted by Gasteiger charge is -2.40. The third-order valence-corrected chi connectivity index (χ3v) is 7.40. The summed E-state index contributed by atoms with van der Waals surface area (Å²) in [5, 5.41) is 73.5. The Balaban J connectivity index is 1.74. The minimum Gasteiger partial charge on any atom is -0.508 e. The van der Waals surface area contributed by atoms with Crippen LogP contribution in [0.15, 0.2) is 66.7 Å². The second-order valence-electron chi connectivity index (χ2n) is 9.28. The Labute approximate surface area is 200 Å². The highest BCUT2D eigenvalue weighted by Crippen LogP contribution is 2.69. The second kappa shape index (κ2) is 7.24. The van der Waals surface area contributed by atoms with E-state index in [0.29, 0.717) is 27.8 Å². The van der Waals surface area contributed by atoms with Crippen molar-refractivity contribution in [3.63, 3.8) is 0 Å². The highest BCUT2D eigenvalue weighted by molar-refractivity contribution is 5.69. The number of phenolic OH excluding ortho intramolecular Hbond substituents is 7. The summed E-state index contributed by atoms with van der Waals surface area (Å²) >= 11 is 0. The molecule has 0 radical (unpaired) electrons. The van der Waals surface area contributed by atoms with Crippen LogP contribution < -0.4 is 0 Å². The van der Waals surface area contributed by atoms with Gasteiger partial charge in [-0.2, -0.15) is 0 Å². The number of rotatable bonds is 2. The lowest BCUT2D eigenvalue weighted by molar-refractivity contribution is 0.393. The first-order valence-corrected chi connectivity index (χ1v) is 11.2. The third-order valence-electron chi connectivity index (χ3n) is 7.40. The van der Waals surface area contributed by atoms with E-state index in [1.807, 2.05) is 0 Å². The van der Waals surface area contributed by atoms with E-state index in [9.17, 15) is 35.7 Å². The molecule has 6 rings (SSSR count). The standard InChI is InChI=1S/C28H22O7/c29-13-3-1-12(2-4-13)23-24-18(7-15(31)10-21(24)34)28-25-19(8-16(32)11-22(25)35)27(23)26(28)17-6-5-14(30)9-20(17)33/h1-11,23,26-35H/t23-,26-,27+,28+/m1/s1. The molecule has 7 N–H and O–H groups in total. The zero-order chi connectivity index (χ0) is 24.6. The number of hydrogen-bond donors (Lipinski definition) is 7. The highest BCUT2D eigenvalue weighted by Gasteiger charge is 2.54. The van der Waals surface area contributed by atoms with Gasteiger partial charge in [0.05, 0.1) is 0 Å². The van der Waals surface area contributed by atoms with Crippen LogP contribution in [0.5, 0.6) is 40.2 Å². The molecule has 2 bridgehead atoms. The molecule has 0 heterocycles. The zero-order valence-electron chi connectivity index (χ0n) is 18.3. The van der Waals surface area contributed by atoms with Crippen LogP contribution in [0, 0.1) is 0 Å². The fourth-order valence-corrected chi connectivity index (χ4v) is 6.24. The average Bonchev–Trinajstić information content (AvgIpc) is 3.04. The molecule has 2 aliphatic rings. The predicted molar refractivity (Wildman–Crippen MR) is 127 cm³/mol. The van der Waals surface area contributed by atoms with Crippen LogP contribution in [0.25, 0.3) is 0 Å². The summed E-state index contributed by atoms with van der Waals surface area (Å²) in [6.45, 7) is 0. The first kappa shape index (κ1) is 21.0. The summed E-state index contributed by atoms with van der Waals surface area (Å²) in [7, 11) is 0. The fourth-order valence-electron chi connectivity index (χ4n) is 6.24. The predicted octanol–water partition coefficient (Wildman–Crippen LogP) is 4.78. The molecule has 0 aliphatic heterocycles. The van der Waals surface area contributed by atoms with Crippen molar-refractivity contribution in [1.82, 2.24) is 0 Å². The first-order chi connectivity index (χ1) is 16.7. The molecule has 4 aromatic rings. The minimum absolute atomic E-state index is 0.0763. The van der Waals surface area contributed by atoms with E-state index in [4.69, 9.17) is 0 Å². The van der Waals surface area contributed by atoms with Crippen molar-refractivity contribution in [3.05, 3.63) is 100 Å². The highest BCUT2D eigenvalue weighted by atomic mass is 16.3. The Hall–Kier alpha value is -4.52. The molecule has 35 heavy (non-hydrogen) atoms. The summed E-state index contributed by atoms with van der Waals surface area (Å²) in [4.78, 5) is 0. The van der Waals surface area contributed by atoms with Gasteiger partial charge in [0.25, 0.3) is 0 Å². The molecule has 4 aromatic carbocycles. The second-order valence-corrected chi connectivity index (χ2v) is 9.28. The van der Waals surface area contributed by atoms with Crippen LogP contribution in [-0.2, 0) is 0 Å². The Kier molecular flexibility index (Phi) is 4.35. The maximum absolute atomic E-state index is 11.0. The van der Waals surface area contributed by atoms with Gasteiger partial charge in [-0.25, -0.2) is 0 Å². The van der Waals surface area contributed by atoms with E-state index in [-0.39, 0.29) is 40.2 Å². The number of phenols is 7. The zero-order valence-corrected chi connectivity index (χ0v) is 18.3. The van der Waals surface area contributed by atoms with Crippen molar-refractivity contribution in [2.75, 3.05) is 0 Å². The number of aromatic hydroxyl groups is 7. The molecule has 176 valence electrons. The van der Waals surface area contributed by atoms with Gasteiger partial charge in [-0.05, 0) is 52.6 Å². The number of benzene rings is 4. The van der Waals surface area contributed by atoms with Gasteiger partial charge in [-0.3, -0.25) is 0 Å². The molecule has 0 amide bonds. The molecule has 0 unspecified atom stereocenters. The lowest BCUT2D eigenvalue weighted by atomic mass is 9.62. The summed E-state index contributed by atoms with van der Waals surface area (Å²) in [5.41, 5.74) is 3.61. The Morgan fingerprint density at radius 1 is 0.400 bits per heavy atom. The summed E-state index contributed by atoms with van der Waals surface area (Å²) in [6, 6.07) is 16.6. The molecule has 7 nitrogen and oxygen atoms in total. The summed E-state index contributed by atoms with van der Waals surface area (Å²) in [5.74, 6) is -2.65. The van der Waals surface area contributed by atoms with Crippen molar-refractivity contribution >= 4 is 0 Å². The van der Waals surface area contributed by atoms with Crippen LogP contribution in [0.1, 0.15) is 57.1 Å². The van der Waals surface area contributed by atoms with Crippen LogP contribution in [0.2, 0.25) is 0 Å². The number of fused-ring (bicyclic) bond motifs is 7. The van der Waals surface area contributed by atoms with Gasteiger partial charge in [0.2, 0.25) is 0 Å². The van der Waals surface area contributed by atoms with E-state index in [1.54, 1.807) is 42.5 Å². The molecule has 2 aliphatic carbocycles. The van der Waals surface area contributed by atoms with Gasteiger partial charge in [0.15, 0.2) is 0 Å². The van der Waals surface area contributed by atoms with Gasteiger partial charge in [0.1, 0.15) is 40.2 Å². The fraction of sp³-hybridized carbons (Fsp3) is 0.143. The Morgan fingerprint density at radius 2 is 0.914 bits per heavy atom. The summed E-state index contributed by atoms with van der Waals surface area (Å²) < 4.78 is 0. The quantitative estimate of drug-likeness (QED) is 0.223. The van der Waals surface area contributed by atoms with Crippen LogP contribution in [0.3, 0.4) is 0 Å². The van der Waals surface area contributed by atoms with Gasteiger partial charge >= 0.3 is 0 Å².